The maximum atomic E-state index is 4.79. The highest BCUT2D eigenvalue weighted by atomic mass is 15.1. The van der Waals surface area contributed by atoms with E-state index in [2.05, 4.69) is 29.0 Å². The van der Waals surface area contributed by atoms with Gasteiger partial charge in [-0.15, -0.1) is 0 Å². The molecule has 1 aromatic heterocycles. The Balaban J connectivity index is 1.56. The Hall–Kier alpha value is -0.870. The van der Waals surface area contributed by atoms with E-state index in [0.717, 1.165) is 31.8 Å². The number of imidazole rings is 1. The number of nitrogens with one attached hydrogen (secondary N) is 2. The van der Waals surface area contributed by atoms with Gasteiger partial charge in [-0.25, -0.2) is 4.98 Å². The molecule has 2 N–H and O–H groups in total. The molecule has 4 heteroatoms. The molecule has 0 radical (unpaired) electrons. The highest BCUT2D eigenvalue weighted by molar-refractivity contribution is 5.17. The SMILES string of the molecule is CC(C)N1CCC(Cc2nc3c([nH]2)CNCC3)CC1. The van der Waals surface area contributed by atoms with E-state index in [9.17, 15) is 0 Å². The Bertz CT molecular complexity index is 392. The minimum Gasteiger partial charge on any atom is -0.345 e. The van der Waals surface area contributed by atoms with Crippen LogP contribution in [0.25, 0.3) is 0 Å². The quantitative estimate of drug-likeness (QED) is 0.872. The Kier molecular flexibility index (Phi) is 3.89. The Morgan fingerprint density at radius 2 is 2.11 bits per heavy atom. The number of fused-ring (bicyclic) bond motifs is 1. The Labute approximate surface area is 116 Å². The molecule has 1 saturated heterocycles. The van der Waals surface area contributed by atoms with E-state index in [1.165, 1.54) is 43.1 Å². The smallest absolute Gasteiger partial charge is 0.106 e. The topological polar surface area (TPSA) is 44.0 Å². The molecular weight excluding hydrogens is 236 g/mol. The predicted molar refractivity (Wildman–Crippen MR) is 77.1 cm³/mol. The molecular formula is C15H26N4. The lowest BCUT2D eigenvalue weighted by Crippen LogP contribution is -2.38. The van der Waals surface area contributed by atoms with Crippen LogP contribution < -0.4 is 5.32 Å². The van der Waals surface area contributed by atoms with E-state index in [-0.39, 0.29) is 0 Å². The van der Waals surface area contributed by atoms with E-state index in [1.54, 1.807) is 0 Å². The van der Waals surface area contributed by atoms with Crippen molar-refractivity contribution in [1.82, 2.24) is 20.2 Å². The van der Waals surface area contributed by atoms with Gasteiger partial charge in [-0.3, -0.25) is 0 Å². The molecule has 0 unspecified atom stereocenters. The van der Waals surface area contributed by atoms with Crippen LogP contribution in [0, 0.1) is 5.92 Å². The molecule has 0 atom stereocenters. The monoisotopic (exact) mass is 262 g/mol. The van der Waals surface area contributed by atoms with E-state index in [0.29, 0.717) is 6.04 Å². The molecule has 0 spiro atoms. The highest BCUT2D eigenvalue weighted by Crippen LogP contribution is 2.23. The van der Waals surface area contributed by atoms with Crippen LogP contribution in [-0.4, -0.2) is 40.5 Å². The van der Waals surface area contributed by atoms with Crippen LogP contribution in [0.15, 0.2) is 0 Å². The summed E-state index contributed by atoms with van der Waals surface area (Å²) in [4.78, 5) is 10.9. The van der Waals surface area contributed by atoms with Crippen molar-refractivity contribution in [1.29, 1.82) is 0 Å². The van der Waals surface area contributed by atoms with Crippen LogP contribution in [0.3, 0.4) is 0 Å². The minimum absolute atomic E-state index is 0.697. The van der Waals surface area contributed by atoms with Crippen molar-refractivity contribution in [3.05, 3.63) is 17.2 Å². The fourth-order valence-electron chi connectivity index (χ4n) is 3.32. The number of nitrogens with zero attached hydrogens (tertiary/aromatic N) is 2. The number of hydrogen-bond acceptors (Lipinski definition) is 3. The number of aromatic amines is 1. The summed E-state index contributed by atoms with van der Waals surface area (Å²) in [6.45, 7) is 9.15. The van der Waals surface area contributed by atoms with Gasteiger partial charge in [0.15, 0.2) is 0 Å². The molecule has 19 heavy (non-hydrogen) atoms. The first-order valence-corrected chi connectivity index (χ1v) is 7.74. The molecule has 3 heterocycles. The van der Waals surface area contributed by atoms with Gasteiger partial charge >= 0.3 is 0 Å². The number of rotatable bonds is 3. The molecule has 2 aliphatic rings. The zero-order valence-corrected chi connectivity index (χ0v) is 12.2. The second-order valence-corrected chi connectivity index (χ2v) is 6.31. The summed E-state index contributed by atoms with van der Waals surface area (Å²) in [6, 6.07) is 0.697. The van der Waals surface area contributed by atoms with Crippen molar-refractivity contribution < 1.29 is 0 Å². The Morgan fingerprint density at radius 1 is 1.32 bits per heavy atom. The summed E-state index contributed by atoms with van der Waals surface area (Å²) >= 11 is 0. The van der Waals surface area contributed by atoms with Crippen molar-refractivity contribution in [2.75, 3.05) is 19.6 Å². The Morgan fingerprint density at radius 3 is 2.79 bits per heavy atom. The summed E-state index contributed by atoms with van der Waals surface area (Å²) in [6.07, 6.45) is 4.86. The first-order valence-electron chi connectivity index (χ1n) is 7.74. The first kappa shape index (κ1) is 13.1. The summed E-state index contributed by atoms with van der Waals surface area (Å²) in [7, 11) is 0. The third kappa shape index (κ3) is 3.00. The van der Waals surface area contributed by atoms with Crippen molar-refractivity contribution in [3.8, 4) is 0 Å². The standard InChI is InChI=1S/C15H26N4/c1-11(2)19-7-4-12(5-8-19)9-15-17-13-3-6-16-10-14(13)18-15/h11-12,16H,3-10H2,1-2H3,(H,17,18). The van der Waals surface area contributed by atoms with Gasteiger partial charge in [-0.1, -0.05) is 0 Å². The van der Waals surface area contributed by atoms with Crippen LogP contribution in [0.5, 0.6) is 0 Å². The number of hydrogen-bond donors (Lipinski definition) is 2. The lowest BCUT2D eigenvalue weighted by atomic mass is 9.92. The summed E-state index contributed by atoms with van der Waals surface area (Å²) in [5, 5.41) is 3.40. The second-order valence-electron chi connectivity index (χ2n) is 6.31. The molecule has 1 fully saturated rings. The van der Waals surface area contributed by atoms with Crippen molar-refractivity contribution in [2.45, 2.75) is 52.1 Å². The van der Waals surface area contributed by atoms with Crippen molar-refractivity contribution in [2.24, 2.45) is 5.92 Å². The maximum Gasteiger partial charge on any atom is 0.106 e. The zero-order chi connectivity index (χ0) is 13.2. The number of aromatic nitrogens is 2. The number of piperidine rings is 1. The van der Waals surface area contributed by atoms with E-state index >= 15 is 0 Å². The van der Waals surface area contributed by atoms with Gasteiger partial charge < -0.3 is 15.2 Å². The number of likely N-dealkylation sites (tertiary alicyclic amines) is 1. The van der Waals surface area contributed by atoms with Gasteiger partial charge in [0, 0.05) is 32.0 Å². The largest absolute Gasteiger partial charge is 0.345 e. The van der Waals surface area contributed by atoms with Gasteiger partial charge in [0.2, 0.25) is 0 Å². The third-order valence-electron chi connectivity index (χ3n) is 4.62. The van der Waals surface area contributed by atoms with E-state index in [1.807, 2.05) is 0 Å². The van der Waals surface area contributed by atoms with E-state index in [4.69, 9.17) is 4.98 Å². The van der Waals surface area contributed by atoms with Crippen LogP contribution in [0.4, 0.5) is 0 Å². The highest BCUT2D eigenvalue weighted by Gasteiger charge is 2.22. The van der Waals surface area contributed by atoms with E-state index < -0.39 is 0 Å². The molecule has 0 saturated carbocycles. The average Bonchev–Trinajstić information content (AvgIpc) is 2.81. The summed E-state index contributed by atoms with van der Waals surface area (Å²) in [5.41, 5.74) is 2.62. The van der Waals surface area contributed by atoms with Gasteiger partial charge in [-0.2, -0.15) is 0 Å². The zero-order valence-electron chi connectivity index (χ0n) is 12.2. The molecule has 0 aromatic carbocycles. The maximum absolute atomic E-state index is 4.79. The van der Waals surface area contributed by atoms with Crippen LogP contribution >= 0.6 is 0 Å². The van der Waals surface area contributed by atoms with Gasteiger partial charge in [0.05, 0.1) is 11.4 Å². The summed E-state index contributed by atoms with van der Waals surface area (Å²) in [5.74, 6) is 2.03. The molecule has 0 aliphatic carbocycles. The molecule has 1 aromatic rings. The van der Waals surface area contributed by atoms with Crippen LogP contribution in [-0.2, 0) is 19.4 Å². The molecule has 0 amide bonds. The molecule has 3 rings (SSSR count). The predicted octanol–water partition coefficient (Wildman–Crippen LogP) is 1.72. The lowest BCUT2D eigenvalue weighted by molar-refractivity contribution is 0.148. The fourth-order valence-corrected chi connectivity index (χ4v) is 3.32. The second kappa shape index (κ2) is 5.63. The van der Waals surface area contributed by atoms with Crippen molar-refractivity contribution in [3.63, 3.8) is 0 Å². The van der Waals surface area contributed by atoms with Gasteiger partial charge in [0.1, 0.15) is 5.82 Å². The van der Waals surface area contributed by atoms with Gasteiger partial charge in [0.25, 0.3) is 0 Å². The molecule has 4 nitrogen and oxygen atoms in total. The first-order chi connectivity index (χ1) is 9.22. The van der Waals surface area contributed by atoms with Crippen LogP contribution in [0.1, 0.15) is 43.9 Å². The third-order valence-corrected chi connectivity index (χ3v) is 4.62. The van der Waals surface area contributed by atoms with Gasteiger partial charge in [-0.05, 0) is 45.7 Å². The molecule has 2 aliphatic heterocycles. The number of H-pyrrole nitrogens is 1. The summed E-state index contributed by atoms with van der Waals surface area (Å²) < 4.78 is 0. The normalized spacial score (nSPS) is 21.8. The average molecular weight is 262 g/mol. The molecule has 0 bridgehead atoms. The minimum atomic E-state index is 0.697. The lowest BCUT2D eigenvalue weighted by Gasteiger charge is -2.34. The fraction of sp³-hybridized carbons (Fsp3) is 0.800. The molecule has 106 valence electrons. The van der Waals surface area contributed by atoms with Crippen molar-refractivity contribution >= 4 is 0 Å². The van der Waals surface area contributed by atoms with Crippen LogP contribution in [0.2, 0.25) is 0 Å².